The predicted octanol–water partition coefficient (Wildman–Crippen LogP) is 7.89. The molecule has 32 heteroatoms. The van der Waals surface area contributed by atoms with Gasteiger partial charge in [-0.1, -0.05) is 62.1 Å². The number of carbonyl (C=O) groups is 2. The Kier molecular flexibility index (Phi) is 19.5. The van der Waals surface area contributed by atoms with E-state index >= 15 is 0 Å². The number of nitrogen functional groups attached to an aromatic ring is 1. The number of nitrogens with zero attached hydrogens (tertiary/aromatic N) is 10. The number of hydrogen-bond donors (Lipinski definition) is 7. The Morgan fingerprint density at radius 3 is 1.88 bits per heavy atom. The Labute approximate surface area is 509 Å². The summed E-state index contributed by atoms with van der Waals surface area (Å²) < 4.78 is 58.4. The lowest BCUT2D eigenvalue weighted by Gasteiger charge is -2.29. The van der Waals surface area contributed by atoms with Gasteiger partial charge in [-0.25, -0.2) is 9.97 Å². The maximum atomic E-state index is 13.2. The quantitative estimate of drug-likeness (QED) is 0.0292. The van der Waals surface area contributed by atoms with Crippen LogP contribution in [0.2, 0.25) is 10.6 Å². The van der Waals surface area contributed by atoms with Gasteiger partial charge in [-0.05, 0) is 97.3 Å². The molecule has 8 heterocycles. The van der Waals surface area contributed by atoms with Crippen LogP contribution in [0, 0.1) is 0 Å². The molecule has 2 aliphatic carbocycles. The molecule has 460 valence electrons. The number of ether oxygens (including phenoxy) is 4. The molecule has 4 aromatic heterocycles. The maximum Gasteiger partial charge on any atom is 0.303 e. The molecule has 9 atom stereocenters. The number of nitrogens with two attached hydrogens (primary N) is 1. The van der Waals surface area contributed by atoms with E-state index in [1.165, 1.54) is 40.6 Å². The van der Waals surface area contributed by atoms with E-state index in [1.54, 1.807) is 36.1 Å². The molecule has 85 heavy (non-hydrogen) atoms. The zero-order chi connectivity index (χ0) is 60.5. The maximum absolute atomic E-state index is 13.2. The van der Waals surface area contributed by atoms with Crippen molar-refractivity contribution in [1.29, 1.82) is 0 Å². The number of aliphatic hydroxyl groups is 3. The number of anilines is 4. The van der Waals surface area contributed by atoms with Gasteiger partial charge < -0.3 is 70.0 Å². The van der Waals surface area contributed by atoms with Crippen molar-refractivity contribution in [2.24, 2.45) is 0 Å². The number of aliphatic hydroxyl groups excluding tert-OH is 3. The summed E-state index contributed by atoms with van der Waals surface area (Å²) in [7, 11) is -0.382. The van der Waals surface area contributed by atoms with E-state index < -0.39 is 86.2 Å². The molecule has 0 bridgehead atoms. The molecule has 2 saturated carbocycles. The van der Waals surface area contributed by atoms with Crippen LogP contribution in [0.25, 0.3) is 22.3 Å². The number of fused-ring (bicyclic) bond motifs is 4. The molecule has 26 nitrogen and oxygen atoms in total. The van der Waals surface area contributed by atoms with Gasteiger partial charge in [0.2, 0.25) is 22.4 Å². The molecule has 3 saturated heterocycles. The zero-order valence-corrected chi connectivity index (χ0v) is 51.7. The minimum absolute atomic E-state index is 0.0145. The summed E-state index contributed by atoms with van der Waals surface area (Å²) in [6.07, 6.45) is 4.29. The van der Waals surface area contributed by atoms with Crippen molar-refractivity contribution in [2.45, 2.75) is 145 Å². The fourth-order valence-corrected chi connectivity index (χ4v) is 14.5. The van der Waals surface area contributed by atoms with Crippen molar-refractivity contribution in [3.8, 4) is 0 Å². The molecule has 2 amide bonds. The van der Waals surface area contributed by atoms with Crippen LogP contribution >= 0.6 is 59.1 Å². The molecule has 6 aromatic rings. The lowest BCUT2D eigenvalue weighted by molar-refractivity contribution is -0.197. The molecule has 4 aliphatic heterocycles. The highest BCUT2D eigenvalue weighted by Gasteiger charge is 2.57. The van der Waals surface area contributed by atoms with Crippen molar-refractivity contribution in [3.63, 3.8) is 0 Å². The first-order valence-electron chi connectivity index (χ1n) is 27.8. The van der Waals surface area contributed by atoms with Crippen molar-refractivity contribution >= 4 is 116 Å². The monoisotopic (exact) mass is 1290 g/mol. The van der Waals surface area contributed by atoms with Crippen molar-refractivity contribution < 1.29 is 57.5 Å². The van der Waals surface area contributed by atoms with Crippen molar-refractivity contribution in [2.75, 3.05) is 61.0 Å². The standard InChI is InChI=1S/C25H31ClN7O6P.C21H28Cl3N6O5P.C7H9NO/c1-32(18(34)12-40(37)31-16-9-5-2-6-14(16)11-38-40)10-17-20(35)21(36)24(39-17)33-13-27-19-22(28-15-7-3-4-8-15)29-25(26)30-23(19)33;1-21(2)34-15-12(8-29(3)13(31)9-36(23,24)32)33-19(16(15)35-21)30-10-25-14-17(26-11-6-4-5-7-11)27-20(22)28-18(14)30;8-7-4-2-1-3-6(7)5-9/h2,5-6,9,13,15,17,20-21,24,35-36H,3-4,7-8,10-12H2,1H3,(H,31,37)(H,28,29,30);10-12,15-16,19H,4-9H2,1-3H3,(H,26,27,28);1-4,9H,5,8H2/t17-,20-,21-,24-,40?;12-,15-,16-,19-;/m11./s1. The highest BCUT2D eigenvalue weighted by molar-refractivity contribution is 8.09. The molecular weight excluding hydrogens is 1230 g/mol. The first-order valence-corrected chi connectivity index (χ1v) is 34.1. The highest BCUT2D eigenvalue weighted by atomic mass is 35.9. The smallest absolute Gasteiger partial charge is 0.303 e. The summed E-state index contributed by atoms with van der Waals surface area (Å²) in [5.41, 5.74) is 10.4. The average molecular weight is 1300 g/mol. The van der Waals surface area contributed by atoms with E-state index in [9.17, 15) is 28.9 Å². The Bertz CT molecular complexity index is 3480. The Morgan fingerprint density at radius 1 is 0.776 bits per heavy atom. The molecule has 12 rings (SSSR count). The number of nitrogens with one attached hydrogen (secondary N) is 3. The van der Waals surface area contributed by atoms with E-state index in [0.717, 1.165) is 49.7 Å². The van der Waals surface area contributed by atoms with Crippen LogP contribution < -0.4 is 21.5 Å². The van der Waals surface area contributed by atoms with Gasteiger partial charge in [0, 0.05) is 61.8 Å². The van der Waals surface area contributed by atoms with E-state index in [0.29, 0.717) is 51.4 Å². The van der Waals surface area contributed by atoms with Gasteiger partial charge >= 0.3 is 7.52 Å². The minimum Gasteiger partial charge on any atom is -0.398 e. The number of amides is 2. The van der Waals surface area contributed by atoms with E-state index in [-0.39, 0.29) is 49.1 Å². The summed E-state index contributed by atoms with van der Waals surface area (Å²) in [4.78, 5) is 54.6. The fraction of sp³-hybridized carbons (Fsp3) is 0.547. The normalized spacial score (nSPS) is 26.2. The summed E-state index contributed by atoms with van der Waals surface area (Å²) in [5, 5.41) is 40.1. The number of para-hydroxylation sites is 2. The number of likely N-dealkylation sites (N-methyl/N-ethyl adjacent to an activating group) is 2. The van der Waals surface area contributed by atoms with Gasteiger partial charge in [0.15, 0.2) is 52.2 Å². The van der Waals surface area contributed by atoms with Crippen LogP contribution in [-0.2, 0) is 55.4 Å². The molecule has 6 aliphatic rings. The Balaban J connectivity index is 0.000000165. The first-order chi connectivity index (χ1) is 40.4. The molecular formula is C53H68Cl4N14O12P2. The largest absolute Gasteiger partial charge is 0.398 e. The lowest BCUT2D eigenvalue weighted by Crippen LogP contribution is -2.42. The first kappa shape index (κ1) is 63.0. The number of hydrogen-bond acceptors (Lipinski definition) is 21. The number of halogens is 4. The van der Waals surface area contributed by atoms with Gasteiger partial charge in [0.05, 0.1) is 25.9 Å². The molecule has 2 aromatic carbocycles. The molecule has 5 fully saturated rings. The van der Waals surface area contributed by atoms with Gasteiger partial charge in [0.25, 0.3) is 5.85 Å². The van der Waals surface area contributed by atoms with Crippen LogP contribution in [0.1, 0.15) is 88.8 Å². The number of rotatable bonds is 15. The number of benzene rings is 2. The van der Waals surface area contributed by atoms with Gasteiger partial charge in [-0.2, -0.15) is 19.9 Å². The summed E-state index contributed by atoms with van der Waals surface area (Å²) >= 11 is 23.7. The van der Waals surface area contributed by atoms with E-state index in [1.807, 2.05) is 44.2 Å². The summed E-state index contributed by atoms with van der Waals surface area (Å²) in [6.45, 7) is 3.90. The van der Waals surface area contributed by atoms with Crippen LogP contribution in [0.5, 0.6) is 0 Å². The van der Waals surface area contributed by atoms with Crippen molar-refractivity contribution in [3.05, 3.63) is 82.9 Å². The topological polar surface area (TPSA) is 331 Å². The molecule has 1 unspecified atom stereocenters. The van der Waals surface area contributed by atoms with Crippen LogP contribution in [0.3, 0.4) is 0 Å². The fourth-order valence-electron chi connectivity index (χ4n) is 11.2. The predicted molar refractivity (Wildman–Crippen MR) is 320 cm³/mol. The number of carbonyl (C=O) groups excluding carboxylic acids is 2. The Morgan fingerprint density at radius 2 is 1.31 bits per heavy atom. The van der Waals surface area contributed by atoms with E-state index in [4.69, 9.17) is 80.0 Å². The van der Waals surface area contributed by atoms with Crippen LogP contribution in [0.15, 0.2) is 61.2 Å². The number of aromatic nitrogens is 8. The zero-order valence-electron chi connectivity index (χ0n) is 46.9. The van der Waals surface area contributed by atoms with E-state index in [2.05, 4.69) is 45.6 Å². The lowest BCUT2D eigenvalue weighted by atomic mass is 10.1. The highest BCUT2D eigenvalue weighted by Crippen LogP contribution is 2.56. The second-order valence-electron chi connectivity index (χ2n) is 22.3. The van der Waals surface area contributed by atoms with Gasteiger partial charge in [-0.15, -0.1) is 0 Å². The molecule has 8 N–H and O–H groups in total. The van der Waals surface area contributed by atoms with Gasteiger partial charge in [-0.3, -0.25) is 27.9 Å². The Hall–Kier alpha value is -5.02. The third-order valence-corrected chi connectivity index (χ3v) is 19.1. The van der Waals surface area contributed by atoms with Gasteiger partial charge in [0.1, 0.15) is 48.9 Å². The third kappa shape index (κ3) is 14.8. The summed E-state index contributed by atoms with van der Waals surface area (Å²) in [5.74, 6) is -4.24. The molecule has 0 radical (unpaired) electrons. The second-order valence-corrected chi connectivity index (χ2v) is 30.3. The third-order valence-electron chi connectivity index (χ3n) is 15.6. The SMILES string of the molecule is CN(C[C@H]1O[C@@H](n2cnc3c(NC4CCCC4)nc(Cl)nc32)[C@@H]2OC(C)(C)O[C@@H]21)C(=O)CP(=O)(Cl)Cl.CN(C[C@H]1O[C@@H](n2cnc3c(NC4CCCC4)nc(Cl)nc32)[C@H](O)[C@@H]1O)C(=O)CP1(=O)Nc2ccccc2CO1.Nc1ccccc1CO. The average Bonchev–Trinajstić information content (AvgIpc) is 1.85. The second kappa shape index (κ2) is 26.4. The van der Waals surface area contributed by atoms with Crippen LogP contribution in [-0.4, -0.2) is 170 Å². The minimum atomic E-state index is -3.55. The number of imidazole rings is 2. The molecule has 0 spiro atoms. The van der Waals surface area contributed by atoms with Crippen molar-refractivity contribution in [1.82, 2.24) is 48.8 Å². The summed E-state index contributed by atoms with van der Waals surface area (Å²) in [6, 6.07) is 15.2. The van der Waals surface area contributed by atoms with Crippen LogP contribution in [0.4, 0.5) is 23.0 Å².